The van der Waals surface area contributed by atoms with Gasteiger partial charge in [0.2, 0.25) is 0 Å². The Balaban J connectivity index is 2.37. The molecule has 1 aliphatic rings. The minimum atomic E-state index is -4.64. The smallest absolute Gasteiger partial charge is 0.206 e. The molecule has 2 unspecified atom stereocenters. The molecule has 2 atom stereocenters. The van der Waals surface area contributed by atoms with E-state index in [9.17, 15) is 17.6 Å². The largest absolute Gasteiger partial charge is 0.419 e. The number of alkyl halides is 4. The second-order valence-electron chi connectivity index (χ2n) is 3.60. The van der Waals surface area contributed by atoms with Crippen molar-refractivity contribution in [3.05, 3.63) is 35.1 Å². The van der Waals surface area contributed by atoms with Crippen LogP contribution in [0.3, 0.4) is 0 Å². The molecule has 0 nitrogen and oxygen atoms in total. The fraction of sp³-hybridized carbons (Fsp3) is 0.400. The van der Waals surface area contributed by atoms with Crippen LogP contribution in [0.15, 0.2) is 18.2 Å². The van der Waals surface area contributed by atoms with E-state index >= 15 is 0 Å². The highest BCUT2D eigenvalue weighted by molar-refractivity contribution is 6.23. The van der Waals surface area contributed by atoms with E-state index in [1.54, 1.807) is 0 Å². The van der Waals surface area contributed by atoms with Crippen molar-refractivity contribution in [1.29, 1.82) is 0 Å². The molecule has 0 spiro atoms. The Labute approximate surface area is 88.9 Å². The van der Waals surface area contributed by atoms with Crippen molar-refractivity contribution >= 4 is 11.6 Å². The normalized spacial score (nSPS) is 25.4. The van der Waals surface area contributed by atoms with Crippen LogP contribution in [-0.4, -0.2) is 5.38 Å². The molecule has 1 saturated carbocycles. The van der Waals surface area contributed by atoms with Gasteiger partial charge in [0, 0.05) is 11.3 Å². The van der Waals surface area contributed by atoms with Crippen molar-refractivity contribution in [3.8, 4) is 0 Å². The number of rotatable bonds is 1. The third-order valence-corrected chi connectivity index (χ3v) is 2.92. The summed E-state index contributed by atoms with van der Waals surface area (Å²) in [5, 5.41) is -0.114. The van der Waals surface area contributed by atoms with Gasteiger partial charge in [-0.15, -0.1) is 11.6 Å². The predicted molar refractivity (Wildman–Crippen MR) is 48.4 cm³/mol. The van der Waals surface area contributed by atoms with Gasteiger partial charge in [-0.05, 0) is 24.1 Å². The van der Waals surface area contributed by atoms with Gasteiger partial charge in [-0.2, -0.15) is 13.2 Å². The van der Waals surface area contributed by atoms with Gasteiger partial charge in [0.1, 0.15) is 5.82 Å². The lowest BCUT2D eigenvalue weighted by molar-refractivity contribution is -0.140. The summed E-state index contributed by atoms with van der Waals surface area (Å²) in [5.41, 5.74) is -0.750. The standard InChI is InChI=1S/C10H7ClF4/c11-8-4-6(8)5-1-2-9(12)7(3-5)10(13,14)15/h1-3,6,8H,4H2. The highest BCUT2D eigenvalue weighted by atomic mass is 35.5. The lowest BCUT2D eigenvalue weighted by Gasteiger charge is -2.09. The van der Waals surface area contributed by atoms with E-state index in [-0.39, 0.29) is 11.3 Å². The summed E-state index contributed by atoms with van der Waals surface area (Å²) in [4.78, 5) is 0. The van der Waals surface area contributed by atoms with E-state index in [4.69, 9.17) is 11.6 Å². The summed E-state index contributed by atoms with van der Waals surface area (Å²) < 4.78 is 49.9. The van der Waals surface area contributed by atoms with Crippen LogP contribution in [0.2, 0.25) is 0 Å². The third kappa shape index (κ3) is 2.09. The summed E-state index contributed by atoms with van der Waals surface area (Å²) in [5.74, 6) is -1.30. The molecule has 1 aliphatic carbocycles. The Morgan fingerprint density at radius 2 is 1.87 bits per heavy atom. The molecule has 1 aromatic rings. The molecule has 0 amide bonds. The third-order valence-electron chi connectivity index (χ3n) is 2.44. The molecule has 0 radical (unpaired) electrons. The number of halogens is 5. The van der Waals surface area contributed by atoms with Gasteiger partial charge in [0.25, 0.3) is 0 Å². The van der Waals surface area contributed by atoms with Gasteiger partial charge < -0.3 is 0 Å². The number of hydrogen-bond acceptors (Lipinski definition) is 0. The average molecular weight is 239 g/mol. The van der Waals surface area contributed by atoms with Crippen LogP contribution < -0.4 is 0 Å². The van der Waals surface area contributed by atoms with Crippen LogP contribution in [0.5, 0.6) is 0 Å². The topological polar surface area (TPSA) is 0 Å². The maximum Gasteiger partial charge on any atom is 0.419 e. The van der Waals surface area contributed by atoms with Gasteiger partial charge in [-0.3, -0.25) is 0 Å². The summed E-state index contributed by atoms with van der Waals surface area (Å²) >= 11 is 5.72. The zero-order valence-electron chi connectivity index (χ0n) is 7.48. The summed E-state index contributed by atoms with van der Waals surface area (Å²) in [6.07, 6.45) is -3.98. The zero-order chi connectivity index (χ0) is 11.2. The summed E-state index contributed by atoms with van der Waals surface area (Å²) in [6.45, 7) is 0. The van der Waals surface area contributed by atoms with E-state index in [2.05, 4.69) is 0 Å². The average Bonchev–Trinajstić information content (AvgIpc) is 2.81. The molecule has 0 N–H and O–H groups in total. The minimum absolute atomic E-state index is 0.0617. The van der Waals surface area contributed by atoms with Gasteiger partial charge in [0.05, 0.1) is 5.56 Å². The van der Waals surface area contributed by atoms with Crippen LogP contribution >= 0.6 is 11.6 Å². The van der Waals surface area contributed by atoms with Crippen LogP contribution in [0.4, 0.5) is 17.6 Å². The Kier molecular flexibility index (Phi) is 2.41. The van der Waals surface area contributed by atoms with Crippen molar-refractivity contribution in [2.45, 2.75) is 23.9 Å². The Hall–Kier alpha value is -0.770. The molecule has 82 valence electrons. The second-order valence-corrected chi connectivity index (χ2v) is 4.16. The van der Waals surface area contributed by atoms with Crippen molar-refractivity contribution in [2.24, 2.45) is 0 Å². The van der Waals surface area contributed by atoms with Crippen LogP contribution in [0.25, 0.3) is 0 Å². The van der Waals surface area contributed by atoms with Crippen molar-refractivity contribution in [1.82, 2.24) is 0 Å². The highest BCUT2D eigenvalue weighted by Gasteiger charge is 2.39. The molecule has 1 aromatic carbocycles. The quantitative estimate of drug-likeness (QED) is 0.514. The van der Waals surface area contributed by atoms with E-state index in [1.165, 1.54) is 6.07 Å². The number of hydrogen-bond donors (Lipinski definition) is 0. The first kappa shape index (κ1) is 10.7. The SMILES string of the molecule is Fc1ccc(C2CC2Cl)cc1C(F)(F)F. The van der Waals surface area contributed by atoms with Gasteiger partial charge >= 0.3 is 6.18 Å². The molecule has 0 aliphatic heterocycles. The van der Waals surface area contributed by atoms with Crippen LogP contribution in [-0.2, 0) is 6.18 Å². The van der Waals surface area contributed by atoms with Crippen molar-refractivity contribution in [2.75, 3.05) is 0 Å². The Bertz CT molecular complexity index is 385. The molecule has 0 saturated heterocycles. The van der Waals surface area contributed by atoms with E-state index in [0.29, 0.717) is 12.0 Å². The van der Waals surface area contributed by atoms with Crippen LogP contribution in [0, 0.1) is 5.82 Å². The van der Waals surface area contributed by atoms with Crippen molar-refractivity contribution in [3.63, 3.8) is 0 Å². The molecular weight excluding hydrogens is 232 g/mol. The Morgan fingerprint density at radius 1 is 1.27 bits per heavy atom. The monoisotopic (exact) mass is 238 g/mol. The minimum Gasteiger partial charge on any atom is -0.206 e. The molecule has 15 heavy (non-hydrogen) atoms. The van der Waals surface area contributed by atoms with Gasteiger partial charge in [-0.1, -0.05) is 6.07 Å². The molecule has 0 aromatic heterocycles. The number of benzene rings is 1. The second kappa shape index (κ2) is 3.37. The summed E-state index contributed by atoms with van der Waals surface area (Å²) in [6, 6.07) is 3.06. The van der Waals surface area contributed by atoms with Gasteiger partial charge in [0.15, 0.2) is 0 Å². The first-order valence-electron chi connectivity index (χ1n) is 4.40. The van der Waals surface area contributed by atoms with E-state index in [0.717, 1.165) is 12.1 Å². The zero-order valence-corrected chi connectivity index (χ0v) is 8.24. The fourth-order valence-corrected chi connectivity index (χ4v) is 1.84. The predicted octanol–water partition coefficient (Wildman–Crippen LogP) is 3.94. The maximum atomic E-state index is 12.9. The van der Waals surface area contributed by atoms with Crippen LogP contribution in [0.1, 0.15) is 23.5 Å². The van der Waals surface area contributed by atoms with E-state index < -0.39 is 17.6 Å². The first-order chi connectivity index (χ1) is 6.89. The molecule has 5 heteroatoms. The maximum absolute atomic E-state index is 12.9. The van der Waals surface area contributed by atoms with Crippen molar-refractivity contribution < 1.29 is 17.6 Å². The van der Waals surface area contributed by atoms with E-state index in [1.807, 2.05) is 0 Å². The first-order valence-corrected chi connectivity index (χ1v) is 4.84. The van der Waals surface area contributed by atoms with Gasteiger partial charge in [-0.25, -0.2) is 4.39 Å². The molecule has 2 rings (SSSR count). The summed E-state index contributed by atoms with van der Waals surface area (Å²) in [7, 11) is 0. The molecule has 0 heterocycles. The molecule has 1 fully saturated rings. The Morgan fingerprint density at radius 3 is 2.33 bits per heavy atom. The highest BCUT2D eigenvalue weighted by Crippen LogP contribution is 2.46. The fourth-order valence-electron chi connectivity index (χ4n) is 1.50. The lowest BCUT2D eigenvalue weighted by Crippen LogP contribution is -2.08. The molecular formula is C10H7ClF4. The lowest BCUT2D eigenvalue weighted by atomic mass is 10.1. The molecule has 0 bridgehead atoms.